The number of benzene rings is 2. The molecule has 1 atom stereocenters. The molecular weight excluding hydrogens is 338 g/mol. The topological polar surface area (TPSA) is 47.6 Å². The minimum atomic E-state index is -0.470. The van der Waals surface area contributed by atoms with Gasteiger partial charge in [-0.2, -0.15) is 0 Å². The quantitative estimate of drug-likeness (QED) is 0.622. The molecule has 0 aromatic heterocycles. The summed E-state index contributed by atoms with van der Waals surface area (Å²) in [6.45, 7) is 9.32. The molecule has 0 heterocycles. The molecule has 0 aliphatic rings. The second-order valence-electron chi connectivity index (χ2n) is 6.70. The maximum absolute atomic E-state index is 12.5. The van der Waals surface area contributed by atoms with Gasteiger partial charge >= 0.3 is 0 Å². The molecular formula is C23H31NO3. The lowest BCUT2D eigenvalue weighted by atomic mass is 10.1. The smallest absolute Gasteiger partial charge is 0.261 e. The third-order valence-corrected chi connectivity index (χ3v) is 4.61. The summed E-state index contributed by atoms with van der Waals surface area (Å²) in [6.07, 6.45) is 1.88. The van der Waals surface area contributed by atoms with E-state index < -0.39 is 6.10 Å². The Labute approximate surface area is 162 Å². The number of hydrogen-bond acceptors (Lipinski definition) is 3. The Bertz CT molecular complexity index is 742. The van der Waals surface area contributed by atoms with E-state index in [4.69, 9.17) is 9.47 Å². The van der Waals surface area contributed by atoms with Crippen LogP contribution in [0.1, 0.15) is 43.4 Å². The number of rotatable bonds is 10. The Kier molecular flexibility index (Phi) is 8.18. The molecule has 2 aromatic carbocycles. The number of carbonyl (C=O) groups excluding carboxylic acids is 1. The molecule has 1 N–H and O–H groups in total. The zero-order valence-corrected chi connectivity index (χ0v) is 16.9. The number of amides is 1. The second-order valence-corrected chi connectivity index (χ2v) is 6.70. The van der Waals surface area contributed by atoms with Gasteiger partial charge in [0.1, 0.15) is 11.5 Å². The molecule has 0 unspecified atom stereocenters. The Morgan fingerprint density at radius 2 is 1.85 bits per heavy atom. The molecule has 0 aliphatic carbocycles. The number of aryl methyl sites for hydroxylation is 3. The Morgan fingerprint density at radius 3 is 2.56 bits per heavy atom. The van der Waals surface area contributed by atoms with E-state index in [-0.39, 0.29) is 5.91 Å². The highest BCUT2D eigenvalue weighted by atomic mass is 16.5. The van der Waals surface area contributed by atoms with Crippen LogP contribution in [-0.2, 0) is 11.2 Å². The van der Waals surface area contributed by atoms with E-state index in [1.165, 1.54) is 11.1 Å². The standard InChI is InChI=1S/C23H31NO3/c1-5-21(27-20-14-13-17(3)18(4)16-20)23(25)24-15-9-11-19-10-7-8-12-22(19)26-6-2/h7-8,10,12-14,16,21H,5-6,9,11,15H2,1-4H3,(H,24,25)/t21-/m1/s1. The van der Waals surface area contributed by atoms with Gasteiger partial charge in [0, 0.05) is 6.54 Å². The van der Waals surface area contributed by atoms with Crippen LogP contribution in [0, 0.1) is 13.8 Å². The average Bonchev–Trinajstić information content (AvgIpc) is 2.67. The molecule has 2 aromatic rings. The van der Waals surface area contributed by atoms with Gasteiger partial charge in [0.15, 0.2) is 6.10 Å². The van der Waals surface area contributed by atoms with E-state index in [9.17, 15) is 4.79 Å². The fraction of sp³-hybridized carbons (Fsp3) is 0.435. The first-order chi connectivity index (χ1) is 13.0. The molecule has 146 valence electrons. The van der Waals surface area contributed by atoms with Crippen LogP contribution in [0.4, 0.5) is 0 Å². The minimum Gasteiger partial charge on any atom is -0.494 e. The monoisotopic (exact) mass is 369 g/mol. The summed E-state index contributed by atoms with van der Waals surface area (Å²) in [5, 5.41) is 3.00. The lowest BCUT2D eigenvalue weighted by Gasteiger charge is -2.18. The average molecular weight is 370 g/mol. The van der Waals surface area contributed by atoms with Gasteiger partial charge < -0.3 is 14.8 Å². The van der Waals surface area contributed by atoms with E-state index in [0.717, 1.165) is 29.9 Å². The Hall–Kier alpha value is -2.49. The third-order valence-electron chi connectivity index (χ3n) is 4.61. The molecule has 0 fully saturated rings. The summed E-state index contributed by atoms with van der Waals surface area (Å²) in [6, 6.07) is 14.0. The normalized spacial score (nSPS) is 11.7. The van der Waals surface area contributed by atoms with Crippen molar-refractivity contribution in [1.29, 1.82) is 0 Å². The highest BCUT2D eigenvalue weighted by Gasteiger charge is 2.18. The molecule has 0 saturated carbocycles. The van der Waals surface area contributed by atoms with Crippen LogP contribution in [0.3, 0.4) is 0 Å². The maximum atomic E-state index is 12.5. The summed E-state index contributed by atoms with van der Waals surface area (Å²) in [4.78, 5) is 12.5. The first-order valence-electron chi connectivity index (χ1n) is 9.77. The molecule has 1 amide bonds. The number of carbonyl (C=O) groups is 1. The highest BCUT2D eigenvalue weighted by molar-refractivity contribution is 5.81. The van der Waals surface area contributed by atoms with E-state index in [1.807, 2.05) is 57.2 Å². The molecule has 0 aliphatic heterocycles. The first kappa shape index (κ1) is 20.8. The van der Waals surface area contributed by atoms with Crippen molar-refractivity contribution in [3.63, 3.8) is 0 Å². The van der Waals surface area contributed by atoms with Crippen molar-refractivity contribution in [2.45, 2.75) is 53.1 Å². The van der Waals surface area contributed by atoms with Gasteiger partial charge in [-0.25, -0.2) is 0 Å². The summed E-state index contributed by atoms with van der Waals surface area (Å²) in [5.41, 5.74) is 3.55. The van der Waals surface area contributed by atoms with E-state index >= 15 is 0 Å². The zero-order valence-electron chi connectivity index (χ0n) is 16.9. The van der Waals surface area contributed by atoms with Crippen LogP contribution in [0.15, 0.2) is 42.5 Å². The molecule has 4 nitrogen and oxygen atoms in total. The zero-order chi connectivity index (χ0) is 19.6. The van der Waals surface area contributed by atoms with Gasteiger partial charge in [0.05, 0.1) is 6.61 Å². The van der Waals surface area contributed by atoms with Gasteiger partial charge in [-0.15, -0.1) is 0 Å². The van der Waals surface area contributed by atoms with Crippen molar-refractivity contribution >= 4 is 5.91 Å². The SMILES string of the molecule is CCOc1ccccc1CCCNC(=O)[C@@H](CC)Oc1ccc(C)c(C)c1. The second kappa shape index (κ2) is 10.6. The molecule has 27 heavy (non-hydrogen) atoms. The highest BCUT2D eigenvalue weighted by Crippen LogP contribution is 2.20. The maximum Gasteiger partial charge on any atom is 0.261 e. The van der Waals surface area contributed by atoms with Crippen molar-refractivity contribution in [1.82, 2.24) is 5.32 Å². The summed E-state index contributed by atoms with van der Waals surface area (Å²) in [5.74, 6) is 1.61. The van der Waals surface area contributed by atoms with Crippen LogP contribution >= 0.6 is 0 Å². The van der Waals surface area contributed by atoms with E-state index in [2.05, 4.69) is 18.3 Å². The molecule has 0 spiro atoms. The van der Waals surface area contributed by atoms with E-state index in [0.29, 0.717) is 19.6 Å². The van der Waals surface area contributed by atoms with Gasteiger partial charge in [0.25, 0.3) is 5.91 Å². The van der Waals surface area contributed by atoms with Gasteiger partial charge in [-0.05, 0) is 74.9 Å². The number of ether oxygens (including phenoxy) is 2. The summed E-state index contributed by atoms with van der Waals surface area (Å²) in [7, 11) is 0. The van der Waals surface area contributed by atoms with Crippen LogP contribution < -0.4 is 14.8 Å². The van der Waals surface area contributed by atoms with Crippen LogP contribution in [0.25, 0.3) is 0 Å². The first-order valence-corrected chi connectivity index (χ1v) is 9.77. The van der Waals surface area contributed by atoms with Crippen LogP contribution in [-0.4, -0.2) is 25.2 Å². The van der Waals surface area contributed by atoms with Crippen molar-refractivity contribution < 1.29 is 14.3 Å². The van der Waals surface area contributed by atoms with E-state index in [1.54, 1.807) is 0 Å². The van der Waals surface area contributed by atoms with Crippen molar-refractivity contribution in [2.75, 3.05) is 13.2 Å². The molecule has 0 saturated heterocycles. The molecule has 2 rings (SSSR count). The van der Waals surface area contributed by atoms with Gasteiger partial charge in [-0.3, -0.25) is 4.79 Å². The number of nitrogens with one attached hydrogen (secondary N) is 1. The van der Waals surface area contributed by atoms with Crippen molar-refractivity contribution in [3.05, 3.63) is 59.2 Å². The Morgan fingerprint density at radius 1 is 1.07 bits per heavy atom. The Balaban J connectivity index is 1.82. The number of hydrogen-bond donors (Lipinski definition) is 1. The fourth-order valence-corrected chi connectivity index (χ4v) is 2.88. The lowest BCUT2D eigenvalue weighted by Crippen LogP contribution is -2.38. The fourth-order valence-electron chi connectivity index (χ4n) is 2.88. The molecule has 4 heteroatoms. The number of para-hydroxylation sites is 1. The largest absolute Gasteiger partial charge is 0.494 e. The third kappa shape index (κ3) is 6.31. The molecule has 0 radical (unpaired) electrons. The van der Waals surface area contributed by atoms with Crippen LogP contribution in [0.2, 0.25) is 0 Å². The van der Waals surface area contributed by atoms with Gasteiger partial charge in [-0.1, -0.05) is 31.2 Å². The lowest BCUT2D eigenvalue weighted by molar-refractivity contribution is -0.128. The molecule has 0 bridgehead atoms. The summed E-state index contributed by atoms with van der Waals surface area (Å²) >= 11 is 0. The summed E-state index contributed by atoms with van der Waals surface area (Å²) < 4.78 is 11.5. The van der Waals surface area contributed by atoms with Crippen LogP contribution in [0.5, 0.6) is 11.5 Å². The van der Waals surface area contributed by atoms with Gasteiger partial charge in [0.2, 0.25) is 0 Å². The minimum absolute atomic E-state index is 0.0613. The van der Waals surface area contributed by atoms with Crippen molar-refractivity contribution in [2.24, 2.45) is 0 Å². The van der Waals surface area contributed by atoms with Crippen molar-refractivity contribution in [3.8, 4) is 11.5 Å². The predicted molar refractivity (Wildman–Crippen MR) is 110 cm³/mol. The predicted octanol–water partition coefficient (Wildman–Crippen LogP) is 4.61.